The molecule has 0 heterocycles. The van der Waals surface area contributed by atoms with Crippen molar-refractivity contribution in [3.8, 4) is 0 Å². The van der Waals surface area contributed by atoms with E-state index in [4.69, 9.17) is 15.2 Å². The highest BCUT2D eigenvalue weighted by Crippen LogP contribution is 2.25. The number of carbonyl (C=O) groups excluding carboxylic acids is 1. The van der Waals surface area contributed by atoms with Crippen molar-refractivity contribution >= 4 is 5.97 Å². The lowest BCUT2D eigenvalue weighted by Gasteiger charge is -2.30. The first-order valence-corrected chi connectivity index (χ1v) is 6.80. The van der Waals surface area contributed by atoms with Crippen LogP contribution in [0, 0.1) is 5.41 Å². The van der Waals surface area contributed by atoms with E-state index in [0.29, 0.717) is 0 Å². The number of methoxy groups -OCH3 is 1. The van der Waals surface area contributed by atoms with Crippen LogP contribution in [0.2, 0.25) is 0 Å². The van der Waals surface area contributed by atoms with Crippen LogP contribution in [0.3, 0.4) is 0 Å². The number of ether oxygens (including phenoxy) is 2. The molecule has 1 aliphatic rings. The SMILES string of the molecule is COC1CCCC(OC(=O)CC(N)C(C)(C)C)C1. The number of hydrogen-bond acceptors (Lipinski definition) is 4. The van der Waals surface area contributed by atoms with Gasteiger partial charge in [0.05, 0.1) is 12.5 Å². The maximum Gasteiger partial charge on any atom is 0.307 e. The van der Waals surface area contributed by atoms with Gasteiger partial charge in [-0.25, -0.2) is 0 Å². The highest BCUT2D eigenvalue weighted by molar-refractivity contribution is 5.70. The lowest BCUT2D eigenvalue weighted by atomic mass is 9.85. The molecule has 0 bridgehead atoms. The highest BCUT2D eigenvalue weighted by Gasteiger charge is 2.28. The van der Waals surface area contributed by atoms with Gasteiger partial charge in [0.25, 0.3) is 0 Å². The quantitative estimate of drug-likeness (QED) is 0.785. The monoisotopic (exact) mass is 257 g/mol. The molecule has 0 amide bonds. The molecule has 0 radical (unpaired) electrons. The van der Waals surface area contributed by atoms with Crippen molar-refractivity contribution in [3.05, 3.63) is 0 Å². The second-order valence-corrected chi connectivity index (χ2v) is 6.31. The zero-order chi connectivity index (χ0) is 13.8. The molecule has 1 fully saturated rings. The first-order chi connectivity index (χ1) is 8.32. The van der Waals surface area contributed by atoms with Crippen molar-refractivity contribution in [2.75, 3.05) is 7.11 Å². The van der Waals surface area contributed by atoms with Gasteiger partial charge in [-0.1, -0.05) is 20.8 Å². The Morgan fingerprint density at radius 2 is 1.94 bits per heavy atom. The normalized spacial score (nSPS) is 26.7. The average molecular weight is 257 g/mol. The number of esters is 1. The van der Waals surface area contributed by atoms with Crippen LogP contribution in [0.1, 0.15) is 52.9 Å². The second-order valence-electron chi connectivity index (χ2n) is 6.31. The van der Waals surface area contributed by atoms with Crippen molar-refractivity contribution < 1.29 is 14.3 Å². The summed E-state index contributed by atoms with van der Waals surface area (Å²) < 4.78 is 10.8. The molecule has 0 saturated heterocycles. The number of nitrogens with two attached hydrogens (primary N) is 1. The largest absolute Gasteiger partial charge is 0.462 e. The maximum atomic E-state index is 11.8. The Bertz CT molecular complexity index is 273. The van der Waals surface area contributed by atoms with E-state index >= 15 is 0 Å². The Labute approximate surface area is 110 Å². The zero-order valence-electron chi connectivity index (χ0n) is 12.1. The molecule has 106 valence electrons. The second kappa shape index (κ2) is 6.53. The van der Waals surface area contributed by atoms with Crippen LogP contribution in [0.4, 0.5) is 0 Å². The Morgan fingerprint density at radius 1 is 1.33 bits per heavy atom. The van der Waals surface area contributed by atoms with Crippen molar-refractivity contribution in [2.24, 2.45) is 11.1 Å². The molecule has 0 spiro atoms. The predicted octanol–water partition coefficient (Wildman–Crippen LogP) is 2.25. The summed E-state index contributed by atoms with van der Waals surface area (Å²) in [5.74, 6) is -0.181. The molecular weight excluding hydrogens is 230 g/mol. The molecule has 4 nitrogen and oxygen atoms in total. The van der Waals surface area contributed by atoms with Crippen molar-refractivity contribution in [1.29, 1.82) is 0 Å². The highest BCUT2D eigenvalue weighted by atomic mass is 16.5. The Morgan fingerprint density at radius 3 is 2.50 bits per heavy atom. The summed E-state index contributed by atoms with van der Waals surface area (Å²) in [7, 11) is 1.71. The smallest absolute Gasteiger partial charge is 0.307 e. The van der Waals surface area contributed by atoms with Crippen molar-refractivity contribution in [2.45, 2.75) is 71.1 Å². The third-order valence-corrected chi connectivity index (χ3v) is 3.71. The summed E-state index contributed by atoms with van der Waals surface area (Å²) in [6.07, 6.45) is 4.39. The van der Waals surface area contributed by atoms with Gasteiger partial charge < -0.3 is 15.2 Å². The van der Waals surface area contributed by atoms with Crippen LogP contribution in [0.5, 0.6) is 0 Å². The minimum absolute atomic E-state index is 0.00312. The molecule has 0 aromatic heterocycles. The standard InChI is InChI=1S/C14H27NO3/c1-14(2,3)12(15)9-13(16)18-11-7-5-6-10(8-11)17-4/h10-12H,5-9,15H2,1-4H3. The Balaban J connectivity index is 2.36. The summed E-state index contributed by atoms with van der Waals surface area (Å²) in [5, 5.41) is 0. The van der Waals surface area contributed by atoms with Crippen LogP contribution < -0.4 is 5.73 Å². The molecule has 1 saturated carbocycles. The molecule has 0 aliphatic heterocycles. The summed E-state index contributed by atoms with van der Waals surface area (Å²) >= 11 is 0. The summed E-state index contributed by atoms with van der Waals surface area (Å²) in [6, 6.07) is -0.160. The van der Waals surface area contributed by atoms with E-state index in [1.807, 2.05) is 20.8 Å². The average Bonchev–Trinajstić information content (AvgIpc) is 2.27. The van der Waals surface area contributed by atoms with Crippen LogP contribution in [0.25, 0.3) is 0 Å². The van der Waals surface area contributed by atoms with Gasteiger partial charge in [-0.3, -0.25) is 4.79 Å². The summed E-state index contributed by atoms with van der Waals surface area (Å²) in [5.41, 5.74) is 5.92. The number of hydrogen-bond donors (Lipinski definition) is 1. The van der Waals surface area contributed by atoms with Crippen LogP contribution >= 0.6 is 0 Å². The molecule has 0 aromatic carbocycles. The van der Waals surface area contributed by atoms with Gasteiger partial charge in [0.1, 0.15) is 6.10 Å². The van der Waals surface area contributed by atoms with E-state index in [1.165, 1.54) is 0 Å². The van der Waals surface area contributed by atoms with Crippen LogP contribution in [-0.2, 0) is 14.3 Å². The fourth-order valence-corrected chi connectivity index (χ4v) is 2.14. The van der Waals surface area contributed by atoms with Crippen LogP contribution in [0.15, 0.2) is 0 Å². The van der Waals surface area contributed by atoms with E-state index in [1.54, 1.807) is 7.11 Å². The molecule has 3 atom stereocenters. The van der Waals surface area contributed by atoms with Crippen LogP contribution in [-0.4, -0.2) is 31.3 Å². The molecular formula is C14H27NO3. The van der Waals surface area contributed by atoms with Gasteiger partial charge in [0, 0.05) is 19.6 Å². The van der Waals surface area contributed by atoms with Gasteiger partial charge >= 0.3 is 5.97 Å². The van der Waals surface area contributed by atoms with E-state index in [2.05, 4.69) is 0 Å². The molecule has 0 aromatic rings. The molecule has 1 aliphatic carbocycles. The predicted molar refractivity (Wildman–Crippen MR) is 71.2 cm³/mol. The minimum Gasteiger partial charge on any atom is -0.462 e. The molecule has 1 rings (SSSR count). The first-order valence-electron chi connectivity index (χ1n) is 6.80. The van der Waals surface area contributed by atoms with E-state index in [-0.39, 0.29) is 36.1 Å². The fourth-order valence-electron chi connectivity index (χ4n) is 2.14. The maximum absolute atomic E-state index is 11.8. The zero-order valence-corrected chi connectivity index (χ0v) is 12.1. The number of carbonyl (C=O) groups is 1. The van der Waals surface area contributed by atoms with Gasteiger partial charge in [0.15, 0.2) is 0 Å². The summed E-state index contributed by atoms with van der Waals surface area (Å²) in [4.78, 5) is 11.8. The Hall–Kier alpha value is -0.610. The van der Waals surface area contributed by atoms with E-state index in [0.717, 1.165) is 25.7 Å². The van der Waals surface area contributed by atoms with Crippen molar-refractivity contribution in [1.82, 2.24) is 0 Å². The number of rotatable bonds is 4. The molecule has 4 heteroatoms. The molecule has 2 N–H and O–H groups in total. The van der Waals surface area contributed by atoms with Gasteiger partial charge in [0.2, 0.25) is 0 Å². The van der Waals surface area contributed by atoms with Crippen molar-refractivity contribution in [3.63, 3.8) is 0 Å². The van der Waals surface area contributed by atoms with Gasteiger partial charge in [-0.05, 0) is 24.7 Å². The topological polar surface area (TPSA) is 61.5 Å². The van der Waals surface area contributed by atoms with E-state index < -0.39 is 0 Å². The van der Waals surface area contributed by atoms with Gasteiger partial charge in [-0.2, -0.15) is 0 Å². The first kappa shape index (κ1) is 15.4. The fraction of sp³-hybridized carbons (Fsp3) is 0.929. The van der Waals surface area contributed by atoms with Gasteiger partial charge in [-0.15, -0.1) is 0 Å². The van der Waals surface area contributed by atoms with E-state index in [9.17, 15) is 4.79 Å². The minimum atomic E-state index is -0.181. The third-order valence-electron chi connectivity index (χ3n) is 3.71. The lowest BCUT2D eigenvalue weighted by molar-refractivity contribution is -0.153. The molecule has 18 heavy (non-hydrogen) atoms. The molecule has 3 unspecified atom stereocenters. The third kappa shape index (κ3) is 4.94. The lowest BCUT2D eigenvalue weighted by Crippen LogP contribution is -2.38. The summed E-state index contributed by atoms with van der Waals surface area (Å²) in [6.45, 7) is 6.10. The Kier molecular flexibility index (Phi) is 5.60.